The lowest BCUT2D eigenvalue weighted by molar-refractivity contribution is 0.728. The molecule has 2 nitrogen and oxygen atoms in total. The molecule has 1 aromatic heterocycles. The fourth-order valence-electron chi connectivity index (χ4n) is 1.52. The first-order chi connectivity index (χ1) is 8.15. The van der Waals surface area contributed by atoms with Crippen molar-refractivity contribution in [2.75, 3.05) is 5.75 Å². The molecule has 0 saturated heterocycles. The summed E-state index contributed by atoms with van der Waals surface area (Å²) in [5, 5.41) is 0.705. The van der Waals surface area contributed by atoms with E-state index in [0.717, 1.165) is 24.3 Å². The highest BCUT2D eigenvalue weighted by Crippen LogP contribution is 2.15. The van der Waals surface area contributed by atoms with Gasteiger partial charge < -0.3 is 5.73 Å². The van der Waals surface area contributed by atoms with Gasteiger partial charge in [-0.2, -0.15) is 11.8 Å². The molecule has 0 bridgehead atoms. The number of hydrogen-bond donors (Lipinski definition) is 1. The molecule has 1 aromatic rings. The lowest BCUT2D eigenvalue weighted by Gasteiger charge is -2.14. The molecular formula is C14H24N2S. The van der Waals surface area contributed by atoms with E-state index in [-0.39, 0.29) is 6.04 Å². The minimum Gasteiger partial charge on any atom is -0.327 e. The number of thioether (sulfide) groups is 1. The minimum absolute atomic E-state index is 0.217. The molecule has 0 radical (unpaired) electrons. The first kappa shape index (κ1) is 14.5. The summed E-state index contributed by atoms with van der Waals surface area (Å²) < 4.78 is 0. The predicted octanol–water partition coefficient (Wildman–Crippen LogP) is 3.05. The number of nitrogens with zero attached hydrogens (tertiary/aromatic N) is 1. The Kier molecular flexibility index (Phi) is 6.60. The lowest BCUT2D eigenvalue weighted by Crippen LogP contribution is -2.26. The summed E-state index contributed by atoms with van der Waals surface area (Å²) in [5.41, 5.74) is 8.52. The highest BCUT2D eigenvalue weighted by Gasteiger charge is 2.07. The van der Waals surface area contributed by atoms with E-state index in [1.807, 2.05) is 18.0 Å². The maximum absolute atomic E-state index is 6.12. The summed E-state index contributed by atoms with van der Waals surface area (Å²) in [6, 6.07) is 4.47. The van der Waals surface area contributed by atoms with E-state index in [0.29, 0.717) is 5.25 Å². The quantitative estimate of drug-likeness (QED) is 0.810. The Hall–Kier alpha value is -0.540. The molecule has 0 amide bonds. The molecule has 0 aliphatic rings. The molecule has 17 heavy (non-hydrogen) atoms. The average molecular weight is 252 g/mol. The van der Waals surface area contributed by atoms with Crippen LogP contribution < -0.4 is 5.73 Å². The van der Waals surface area contributed by atoms with E-state index in [2.05, 4.69) is 37.9 Å². The number of aromatic nitrogens is 1. The van der Waals surface area contributed by atoms with Gasteiger partial charge >= 0.3 is 0 Å². The van der Waals surface area contributed by atoms with Gasteiger partial charge in [0, 0.05) is 35.4 Å². The molecule has 1 heterocycles. The lowest BCUT2D eigenvalue weighted by atomic mass is 10.1. The Bertz CT molecular complexity index is 311. The van der Waals surface area contributed by atoms with Crippen molar-refractivity contribution >= 4 is 11.8 Å². The van der Waals surface area contributed by atoms with Gasteiger partial charge in [0.25, 0.3) is 0 Å². The molecule has 0 spiro atoms. The Labute approximate surface area is 109 Å². The number of hydrogen-bond acceptors (Lipinski definition) is 3. The molecule has 2 atom stereocenters. The summed E-state index contributed by atoms with van der Waals surface area (Å²) in [6.07, 6.45) is 5.10. The second-order valence-corrected chi connectivity index (χ2v) is 6.00. The first-order valence-electron chi connectivity index (χ1n) is 6.46. The van der Waals surface area contributed by atoms with Gasteiger partial charge in [-0.1, -0.05) is 26.8 Å². The Morgan fingerprint density at radius 2 is 2.12 bits per heavy atom. The predicted molar refractivity (Wildman–Crippen MR) is 77.5 cm³/mol. The number of aryl methyl sites for hydroxylation is 1. The first-order valence-corrected chi connectivity index (χ1v) is 7.51. The summed E-state index contributed by atoms with van der Waals surface area (Å²) in [5.74, 6) is 1.02. The van der Waals surface area contributed by atoms with Crippen molar-refractivity contribution in [3.63, 3.8) is 0 Å². The summed E-state index contributed by atoms with van der Waals surface area (Å²) in [6.45, 7) is 6.62. The fourth-order valence-corrected chi connectivity index (χ4v) is 2.45. The topological polar surface area (TPSA) is 38.9 Å². The van der Waals surface area contributed by atoms with Crippen molar-refractivity contribution in [1.29, 1.82) is 0 Å². The van der Waals surface area contributed by atoms with Crippen LogP contribution in [0.5, 0.6) is 0 Å². The van der Waals surface area contributed by atoms with Gasteiger partial charge in [-0.05, 0) is 24.5 Å². The van der Waals surface area contributed by atoms with Crippen LogP contribution >= 0.6 is 11.8 Å². The van der Waals surface area contributed by atoms with Crippen LogP contribution in [-0.4, -0.2) is 22.0 Å². The second kappa shape index (κ2) is 7.72. The van der Waals surface area contributed by atoms with Crippen LogP contribution in [0.2, 0.25) is 0 Å². The van der Waals surface area contributed by atoms with E-state index in [1.54, 1.807) is 0 Å². The van der Waals surface area contributed by atoms with Crippen LogP contribution in [-0.2, 0) is 12.8 Å². The van der Waals surface area contributed by atoms with Gasteiger partial charge in [-0.15, -0.1) is 0 Å². The van der Waals surface area contributed by atoms with Gasteiger partial charge in [0.1, 0.15) is 0 Å². The average Bonchev–Trinajstić information content (AvgIpc) is 2.36. The van der Waals surface area contributed by atoms with E-state index >= 15 is 0 Å². The molecule has 0 fully saturated rings. The Balaban J connectivity index is 2.36. The van der Waals surface area contributed by atoms with Crippen molar-refractivity contribution in [3.8, 4) is 0 Å². The van der Waals surface area contributed by atoms with Gasteiger partial charge in [0.05, 0.1) is 0 Å². The molecule has 0 aliphatic heterocycles. The molecular weight excluding hydrogens is 228 g/mol. The van der Waals surface area contributed by atoms with Gasteiger partial charge in [-0.25, -0.2) is 0 Å². The van der Waals surface area contributed by atoms with Gasteiger partial charge in [0.2, 0.25) is 0 Å². The van der Waals surface area contributed by atoms with Crippen LogP contribution in [0.15, 0.2) is 18.3 Å². The zero-order valence-electron chi connectivity index (χ0n) is 11.1. The number of rotatable bonds is 7. The summed E-state index contributed by atoms with van der Waals surface area (Å²) in [4.78, 5) is 4.45. The van der Waals surface area contributed by atoms with Crippen LogP contribution in [0, 0.1) is 0 Å². The highest BCUT2D eigenvalue weighted by atomic mass is 32.2. The van der Waals surface area contributed by atoms with Crippen LogP contribution in [0.4, 0.5) is 0 Å². The molecule has 1 rings (SSSR count). The second-order valence-electron chi connectivity index (χ2n) is 4.53. The Morgan fingerprint density at radius 1 is 1.35 bits per heavy atom. The van der Waals surface area contributed by atoms with Crippen molar-refractivity contribution in [3.05, 3.63) is 29.6 Å². The molecule has 0 aromatic carbocycles. The molecule has 3 heteroatoms. The number of nitrogens with two attached hydrogens (primary N) is 1. The fraction of sp³-hybridized carbons (Fsp3) is 0.643. The third-order valence-electron chi connectivity index (χ3n) is 2.94. The molecule has 0 saturated carbocycles. The normalized spacial score (nSPS) is 14.6. The van der Waals surface area contributed by atoms with Crippen molar-refractivity contribution in [1.82, 2.24) is 4.98 Å². The van der Waals surface area contributed by atoms with Crippen LogP contribution in [0.1, 0.15) is 38.4 Å². The highest BCUT2D eigenvalue weighted by molar-refractivity contribution is 7.99. The zero-order valence-corrected chi connectivity index (χ0v) is 12.0. The van der Waals surface area contributed by atoms with Crippen LogP contribution in [0.25, 0.3) is 0 Å². The van der Waals surface area contributed by atoms with E-state index in [1.165, 1.54) is 12.0 Å². The third-order valence-corrected chi connectivity index (χ3v) is 4.46. The van der Waals surface area contributed by atoms with Crippen molar-refractivity contribution in [2.24, 2.45) is 5.73 Å². The Morgan fingerprint density at radius 3 is 2.65 bits per heavy atom. The molecule has 2 unspecified atom stereocenters. The van der Waals surface area contributed by atoms with Gasteiger partial charge in [-0.3, -0.25) is 4.98 Å². The largest absolute Gasteiger partial charge is 0.327 e. The standard InChI is InChI=1S/C14H24N2S/c1-4-11(3)17-10-13(15)8-14-7-6-12(5-2)9-16-14/h6-7,9,11,13H,4-5,8,10,15H2,1-3H3. The smallest absolute Gasteiger partial charge is 0.0419 e. The maximum atomic E-state index is 6.12. The molecule has 2 N–H and O–H groups in total. The molecule has 96 valence electrons. The molecule has 0 aliphatic carbocycles. The summed E-state index contributed by atoms with van der Waals surface area (Å²) >= 11 is 1.96. The van der Waals surface area contributed by atoms with E-state index in [4.69, 9.17) is 5.73 Å². The van der Waals surface area contributed by atoms with Gasteiger partial charge in [0.15, 0.2) is 0 Å². The minimum atomic E-state index is 0.217. The number of pyridine rings is 1. The monoisotopic (exact) mass is 252 g/mol. The van der Waals surface area contributed by atoms with Crippen LogP contribution in [0.3, 0.4) is 0 Å². The summed E-state index contributed by atoms with van der Waals surface area (Å²) in [7, 11) is 0. The maximum Gasteiger partial charge on any atom is 0.0419 e. The van der Waals surface area contributed by atoms with Crippen molar-refractivity contribution < 1.29 is 0 Å². The zero-order chi connectivity index (χ0) is 12.7. The SMILES string of the molecule is CCc1ccc(CC(N)CSC(C)CC)nc1. The van der Waals surface area contributed by atoms with Crippen molar-refractivity contribution in [2.45, 2.75) is 51.3 Å². The third kappa shape index (κ3) is 5.55. The van der Waals surface area contributed by atoms with E-state index < -0.39 is 0 Å². The van der Waals surface area contributed by atoms with E-state index in [9.17, 15) is 0 Å².